The fraction of sp³-hybridized carbons (Fsp3) is 0.533. The first kappa shape index (κ1) is 18.6. The molecule has 1 atom stereocenters. The van der Waals surface area contributed by atoms with Gasteiger partial charge in [-0.3, -0.25) is 4.79 Å². The topological polar surface area (TPSA) is 52.3 Å². The molecule has 1 rings (SSSR count). The van der Waals surface area contributed by atoms with Gasteiger partial charge >= 0.3 is 5.97 Å². The van der Waals surface area contributed by atoms with Crippen LogP contribution in [0.25, 0.3) is 0 Å². The van der Waals surface area contributed by atoms with E-state index in [1.807, 2.05) is 13.8 Å². The van der Waals surface area contributed by atoms with Crippen LogP contribution in [0.3, 0.4) is 0 Å². The fourth-order valence-electron chi connectivity index (χ4n) is 2.28. The summed E-state index contributed by atoms with van der Waals surface area (Å²) in [5, 5.41) is 1.34. The number of carbonyl (C=O) groups is 1. The van der Waals surface area contributed by atoms with Gasteiger partial charge in [-0.25, -0.2) is 0 Å². The average molecular weight is 353 g/mol. The van der Waals surface area contributed by atoms with Crippen molar-refractivity contribution >= 4 is 40.8 Å². The van der Waals surface area contributed by atoms with E-state index in [0.717, 1.165) is 0 Å². The lowest BCUT2D eigenvalue weighted by molar-refractivity contribution is -0.145. The molecule has 0 aromatic heterocycles. The summed E-state index contributed by atoms with van der Waals surface area (Å²) in [4.78, 5) is 11.6. The van der Waals surface area contributed by atoms with Crippen LogP contribution in [0.5, 0.6) is 0 Å². The van der Waals surface area contributed by atoms with E-state index in [2.05, 4.69) is 0 Å². The van der Waals surface area contributed by atoms with Crippen molar-refractivity contribution in [2.75, 3.05) is 6.61 Å². The normalized spacial score (nSPS) is 13.1. The Morgan fingerprint density at radius 2 is 1.81 bits per heavy atom. The van der Waals surface area contributed by atoms with Crippen LogP contribution in [0.4, 0.5) is 0 Å². The molecule has 0 aliphatic rings. The van der Waals surface area contributed by atoms with Crippen molar-refractivity contribution in [1.29, 1.82) is 0 Å². The van der Waals surface area contributed by atoms with Gasteiger partial charge in [-0.05, 0) is 30.9 Å². The third-order valence-corrected chi connectivity index (χ3v) is 3.96. The molecule has 0 bridgehead atoms. The molecular weight excluding hydrogens is 333 g/mol. The zero-order valence-corrected chi connectivity index (χ0v) is 14.6. The Balaban J connectivity index is 2.85. The lowest BCUT2D eigenvalue weighted by Gasteiger charge is -2.28. The van der Waals surface area contributed by atoms with Gasteiger partial charge in [0.25, 0.3) is 0 Å². The predicted molar refractivity (Wildman–Crippen MR) is 88.0 cm³/mol. The highest BCUT2D eigenvalue weighted by Crippen LogP contribution is 2.38. The van der Waals surface area contributed by atoms with Gasteiger partial charge in [0.05, 0.1) is 13.0 Å². The SMILES string of the molecule is CCOC(=O)CC(C)(C)CC(N)c1c(Cl)cc(Cl)cc1Cl. The number of ether oxygens (including phenoxy) is 1. The first-order chi connectivity index (χ1) is 9.66. The van der Waals surface area contributed by atoms with E-state index >= 15 is 0 Å². The predicted octanol–water partition coefficient (Wildman–Crippen LogP) is 5.02. The van der Waals surface area contributed by atoms with Crippen LogP contribution in [0, 0.1) is 5.41 Å². The largest absolute Gasteiger partial charge is 0.466 e. The van der Waals surface area contributed by atoms with E-state index < -0.39 is 0 Å². The Hall–Kier alpha value is -0.480. The molecular formula is C15H20Cl3NO2. The standard InChI is InChI=1S/C15H20Cl3NO2/c1-4-21-13(20)8-15(2,3)7-12(19)14-10(17)5-9(16)6-11(14)18/h5-6,12H,4,7-8,19H2,1-3H3. The Kier molecular flexibility index (Phi) is 6.79. The third-order valence-electron chi connectivity index (χ3n) is 3.12. The molecule has 0 heterocycles. The molecule has 3 nitrogen and oxygen atoms in total. The Morgan fingerprint density at radius 1 is 1.29 bits per heavy atom. The van der Waals surface area contributed by atoms with E-state index in [1.54, 1.807) is 19.1 Å². The molecule has 0 spiro atoms. The number of hydrogen-bond acceptors (Lipinski definition) is 3. The van der Waals surface area contributed by atoms with Crippen molar-refractivity contribution in [2.45, 2.75) is 39.7 Å². The highest BCUT2D eigenvalue weighted by atomic mass is 35.5. The monoisotopic (exact) mass is 351 g/mol. The van der Waals surface area contributed by atoms with Crippen LogP contribution in [0.15, 0.2) is 12.1 Å². The molecule has 0 saturated carbocycles. The Bertz CT molecular complexity index is 495. The smallest absolute Gasteiger partial charge is 0.306 e. The average Bonchev–Trinajstić information content (AvgIpc) is 2.25. The quantitative estimate of drug-likeness (QED) is 0.732. The number of hydrogen-bond donors (Lipinski definition) is 1. The number of halogens is 3. The van der Waals surface area contributed by atoms with Crippen LogP contribution in [-0.4, -0.2) is 12.6 Å². The first-order valence-corrected chi connectivity index (χ1v) is 7.85. The molecule has 0 radical (unpaired) electrons. The minimum absolute atomic E-state index is 0.233. The maximum absolute atomic E-state index is 11.6. The Labute approximate surface area is 140 Å². The number of rotatable bonds is 6. The van der Waals surface area contributed by atoms with E-state index in [1.165, 1.54) is 0 Å². The second-order valence-electron chi connectivity index (χ2n) is 5.74. The van der Waals surface area contributed by atoms with Crippen molar-refractivity contribution in [3.8, 4) is 0 Å². The maximum atomic E-state index is 11.6. The summed E-state index contributed by atoms with van der Waals surface area (Å²) in [6.45, 7) is 6.07. The highest BCUT2D eigenvalue weighted by molar-refractivity contribution is 6.39. The van der Waals surface area contributed by atoms with Crippen LogP contribution in [0.1, 0.15) is 45.2 Å². The summed E-state index contributed by atoms with van der Waals surface area (Å²) >= 11 is 18.2. The van der Waals surface area contributed by atoms with Gasteiger partial charge in [-0.2, -0.15) is 0 Å². The summed E-state index contributed by atoms with van der Waals surface area (Å²) in [5.41, 5.74) is 6.55. The third kappa shape index (κ3) is 5.67. The number of carbonyl (C=O) groups excluding carboxylic acids is 1. The summed E-state index contributed by atoms with van der Waals surface area (Å²) in [5.74, 6) is -0.233. The molecule has 21 heavy (non-hydrogen) atoms. The van der Waals surface area contributed by atoms with E-state index in [-0.39, 0.29) is 23.8 Å². The molecule has 1 aromatic carbocycles. The number of esters is 1. The lowest BCUT2D eigenvalue weighted by Crippen LogP contribution is -2.25. The van der Waals surface area contributed by atoms with Crippen molar-refractivity contribution in [3.05, 3.63) is 32.8 Å². The van der Waals surface area contributed by atoms with Crippen LogP contribution in [-0.2, 0) is 9.53 Å². The minimum atomic E-state index is -0.383. The zero-order chi connectivity index (χ0) is 16.2. The van der Waals surface area contributed by atoms with Gasteiger partial charge in [0, 0.05) is 26.7 Å². The first-order valence-electron chi connectivity index (χ1n) is 6.72. The summed E-state index contributed by atoms with van der Waals surface area (Å²) in [6.07, 6.45) is 0.838. The van der Waals surface area contributed by atoms with E-state index in [9.17, 15) is 4.79 Å². The molecule has 1 aromatic rings. The van der Waals surface area contributed by atoms with Crippen molar-refractivity contribution in [1.82, 2.24) is 0 Å². The molecule has 0 aliphatic carbocycles. The molecule has 6 heteroatoms. The second kappa shape index (κ2) is 7.68. The van der Waals surface area contributed by atoms with E-state index in [0.29, 0.717) is 33.7 Å². The molecule has 0 saturated heterocycles. The van der Waals surface area contributed by atoms with Gasteiger partial charge in [0.1, 0.15) is 0 Å². The molecule has 0 amide bonds. The molecule has 0 fully saturated rings. The molecule has 0 aliphatic heterocycles. The molecule has 2 N–H and O–H groups in total. The summed E-state index contributed by atoms with van der Waals surface area (Å²) < 4.78 is 4.98. The minimum Gasteiger partial charge on any atom is -0.466 e. The maximum Gasteiger partial charge on any atom is 0.306 e. The van der Waals surface area contributed by atoms with Crippen molar-refractivity contribution < 1.29 is 9.53 Å². The van der Waals surface area contributed by atoms with Gasteiger partial charge in [0.2, 0.25) is 0 Å². The van der Waals surface area contributed by atoms with E-state index in [4.69, 9.17) is 45.3 Å². The van der Waals surface area contributed by atoms with Gasteiger partial charge in [-0.1, -0.05) is 48.7 Å². The summed E-state index contributed by atoms with van der Waals surface area (Å²) in [6, 6.07) is 2.84. The molecule has 118 valence electrons. The van der Waals surface area contributed by atoms with Crippen LogP contribution >= 0.6 is 34.8 Å². The van der Waals surface area contributed by atoms with Crippen LogP contribution < -0.4 is 5.73 Å². The second-order valence-corrected chi connectivity index (χ2v) is 6.99. The Morgan fingerprint density at radius 3 is 2.29 bits per heavy atom. The summed E-state index contributed by atoms with van der Waals surface area (Å²) in [7, 11) is 0. The lowest BCUT2D eigenvalue weighted by atomic mass is 9.81. The van der Waals surface area contributed by atoms with Gasteiger partial charge in [-0.15, -0.1) is 0 Å². The van der Waals surface area contributed by atoms with Crippen LogP contribution in [0.2, 0.25) is 15.1 Å². The van der Waals surface area contributed by atoms with Crippen molar-refractivity contribution in [3.63, 3.8) is 0 Å². The number of benzene rings is 1. The number of nitrogens with two attached hydrogens (primary N) is 1. The highest BCUT2D eigenvalue weighted by Gasteiger charge is 2.28. The zero-order valence-electron chi connectivity index (χ0n) is 12.4. The van der Waals surface area contributed by atoms with Gasteiger partial charge < -0.3 is 10.5 Å². The fourth-order valence-corrected chi connectivity index (χ4v) is 3.38. The van der Waals surface area contributed by atoms with Crippen molar-refractivity contribution in [2.24, 2.45) is 11.1 Å². The molecule has 1 unspecified atom stereocenters. The van der Waals surface area contributed by atoms with Gasteiger partial charge in [0.15, 0.2) is 0 Å².